The number of carbonyl (C=O) groups is 2. The predicted octanol–water partition coefficient (Wildman–Crippen LogP) is 2.03. The highest BCUT2D eigenvalue weighted by atomic mass is 32.2. The second-order valence-electron chi connectivity index (χ2n) is 5.08. The molecule has 1 heterocycles. The van der Waals surface area contributed by atoms with Crippen LogP contribution >= 0.6 is 11.8 Å². The molecule has 21 heavy (non-hydrogen) atoms. The van der Waals surface area contributed by atoms with Gasteiger partial charge in [0.2, 0.25) is 5.91 Å². The first-order chi connectivity index (χ1) is 9.79. The molecule has 118 valence electrons. The number of thioether (sulfide) groups is 1. The van der Waals surface area contributed by atoms with E-state index in [9.17, 15) is 9.59 Å². The van der Waals surface area contributed by atoms with Gasteiger partial charge in [-0.05, 0) is 34.1 Å². The lowest BCUT2D eigenvalue weighted by Gasteiger charge is -2.25. The van der Waals surface area contributed by atoms with Gasteiger partial charge in [-0.15, -0.1) is 5.10 Å². The lowest BCUT2D eigenvalue weighted by atomic mass is 10.0. The predicted molar refractivity (Wildman–Crippen MR) is 78.1 cm³/mol. The topological polar surface area (TPSA) is 94.3 Å². The van der Waals surface area contributed by atoms with Crippen molar-refractivity contribution in [3.05, 3.63) is 5.89 Å². The number of nitrogens with one attached hydrogen (secondary N) is 1. The van der Waals surface area contributed by atoms with E-state index in [-0.39, 0.29) is 29.2 Å². The van der Waals surface area contributed by atoms with Crippen molar-refractivity contribution in [2.75, 3.05) is 6.61 Å². The van der Waals surface area contributed by atoms with Crippen LogP contribution in [0.15, 0.2) is 9.64 Å². The standard InChI is InChI=1S/C13H21N3O4S/c1-6-13(4,5)14-9(17)8(3)21-12-16-15-10(20-12)11(18)19-7-2/h8H,6-7H2,1-5H3,(H,14,17). The van der Waals surface area contributed by atoms with E-state index in [1.807, 2.05) is 20.8 Å². The highest BCUT2D eigenvalue weighted by Crippen LogP contribution is 2.23. The van der Waals surface area contributed by atoms with Crippen LogP contribution in [0, 0.1) is 0 Å². The van der Waals surface area contributed by atoms with Gasteiger partial charge in [-0.25, -0.2) is 4.79 Å². The van der Waals surface area contributed by atoms with E-state index in [4.69, 9.17) is 9.15 Å². The normalized spacial score (nSPS) is 12.8. The second kappa shape index (κ2) is 7.44. The number of amides is 1. The monoisotopic (exact) mass is 315 g/mol. The maximum Gasteiger partial charge on any atom is 0.396 e. The fourth-order valence-electron chi connectivity index (χ4n) is 1.26. The van der Waals surface area contributed by atoms with Crippen molar-refractivity contribution in [2.45, 2.75) is 57.1 Å². The Hall–Kier alpha value is -1.57. The van der Waals surface area contributed by atoms with Gasteiger partial charge < -0.3 is 14.5 Å². The Morgan fingerprint density at radius 3 is 2.62 bits per heavy atom. The smallest absolute Gasteiger partial charge is 0.396 e. The van der Waals surface area contributed by atoms with Crippen LogP contribution in [0.4, 0.5) is 0 Å². The van der Waals surface area contributed by atoms with Gasteiger partial charge in [0, 0.05) is 5.54 Å². The summed E-state index contributed by atoms with van der Waals surface area (Å²) in [5.41, 5.74) is -0.267. The first-order valence-electron chi connectivity index (χ1n) is 6.78. The molecule has 0 aromatic carbocycles. The van der Waals surface area contributed by atoms with E-state index in [1.54, 1.807) is 13.8 Å². The summed E-state index contributed by atoms with van der Waals surface area (Å²) in [5.74, 6) is -0.996. The summed E-state index contributed by atoms with van der Waals surface area (Å²) in [4.78, 5) is 23.4. The lowest BCUT2D eigenvalue weighted by molar-refractivity contribution is -0.121. The molecule has 1 aromatic heterocycles. The molecule has 0 spiro atoms. The molecule has 0 bridgehead atoms. The highest BCUT2D eigenvalue weighted by molar-refractivity contribution is 8.00. The Bertz CT molecular complexity index is 501. The Balaban J connectivity index is 2.61. The first kappa shape index (κ1) is 17.5. The quantitative estimate of drug-likeness (QED) is 0.607. The molecule has 1 N–H and O–H groups in total. The third-order valence-corrected chi connectivity index (χ3v) is 3.78. The molecule has 1 unspecified atom stereocenters. The summed E-state index contributed by atoms with van der Waals surface area (Å²) >= 11 is 1.10. The van der Waals surface area contributed by atoms with Gasteiger partial charge in [-0.3, -0.25) is 4.79 Å². The second-order valence-corrected chi connectivity index (χ2v) is 6.37. The van der Waals surface area contributed by atoms with Crippen LogP contribution in [-0.2, 0) is 9.53 Å². The number of nitrogens with zero attached hydrogens (tertiary/aromatic N) is 2. The summed E-state index contributed by atoms with van der Waals surface area (Å²) in [5, 5.41) is 10.0. The zero-order valence-electron chi connectivity index (χ0n) is 12.9. The van der Waals surface area contributed by atoms with Crippen molar-refractivity contribution in [1.29, 1.82) is 0 Å². The number of esters is 1. The van der Waals surface area contributed by atoms with E-state index in [0.717, 1.165) is 18.2 Å². The molecule has 1 amide bonds. The van der Waals surface area contributed by atoms with Gasteiger partial charge in [-0.2, -0.15) is 0 Å². The minimum absolute atomic E-state index is 0.122. The number of carbonyl (C=O) groups excluding carboxylic acids is 2. The van der Waals surface area contributed by atoms with Crippen LogP contribution in [0.3, 0.4) is 0 Å². The van der Waals surface area contributed by atoms with Crippen molar-refractivity contribution < 1.29 is 18.7 Å². The number of ether oxygens (including phenoxy) is 1. The van der Waals surface area contributed by atoms with Crippen LogP contribution in [0.25, 0.3) is 0 Å². The Morgan fingerprint density at radius 2 is 2.05 bits per heavy atom. The van der Waals surface area contributed by atoms with Gasteiger partial charge >= 0.3 is 11.9 Å². The number of hydrogen-bond acceptors (Lipinski definition) is 7. The zero-order valence-corrected chi connectivity index (χ0v) is 13.7. The molecular formula is C13H21N3O4S. The van der Waals surface area contributed by atoms with Gasteiger partial charge in [0.1, 0.15) is 0 Å². The summed E-state index contributed by atoms with van der Waals surface area (Å²) < 4.78 is 9.91. The fourth-order valence-corrected chi connectivity index (χ4v) is 1.94. The molecule has 0 fully saturated rings. The molecule has 8 heteroatoms. The molecule has 0 saturated heterocycles. The Labute approximate surface area is 128 Å². The van der Waals surface area contributed by atoms with Crippen molar-refractivity contribution >= 4 is 23.6 Å². The van der Waals surface area contributed by atoms with Crippen molar-refractivity contribution in [3.8, 4) is 0 Å². The SMILES string of the molecule is CCOC(=O)c1nnc(SC(C)C(=O)NC(C)(C)CC)o1. The average Bonchev–Trinajstić information content (AvgIpc) is 2.87. The van der Waals surface area contributed by atoms with Crippen molar-refractivity contribution in [2.24, 2.45) is 0 Å². The number of aromatic nitrogens is 2. The van der Waals surface area contributed by atoms with Crippen molar-refractivity contribution in [3.63, 3.8) is 0 Å². The third-order valence-electron chi connectivity index (χ3n) is 2.85. The Kier molecular flexibility index (Phi) is 6.19. The fraction of sp³-hybridized carbons (Fsp3) is 0.692. The van der Waals surface area contributed by atoms with Crippen LogP contribution in [0.5, 0.6) is 0 Å². The van der Waals surface area contributed by atoms with E-state index in [1.165, 1.54) is 0 Å². The largest absolute Gasteiger partial charge is 0.459 e. The van der Waals surface area contributed by atoms with Crippen LogP contribution in [0.2, 0.25) is 0 Å². The minimum atomic E-state index is -0.666. The molecule has 1 rings (SSSR count). The molecule has 7 nitrogen and oxygen atoms in total. The van der Waals surface area contributed by atoms with E-state index in [2.05, 4.69) is 15.5 Å². The van der Waals surface area contributed by atoms with Gasteiger partial charge in [0.15, 0.2) is 0 Å². The molecule has 0 saturated carbocycles. The molecule has 0 radical (unpaired) electrons. The lowest BCUT2D eigenvalue weighted by Crippen LogP contribution is -2.46. The summed E-state index contributed by atoms with van der Waals surface area (Å²) in [6, 6.07) is 0. The summed E-state index contributed by atoms with van der Waals surface area (Å²) in [7, 11) is 0. The first-order valence-corrected chi connectivity index (χ1v) is 7.66. The number of hydrogen-bond donors (Lipinski definition) is 1. The molecular weight excluding hydrogens is 294 g/mol. The van der Waals surface area contributed by atoms with Crippen LogP contribution < -0.4 is 5.32 Å². The van der Waals surface area contributed by atoms with Crippen molar-refractivity contribution in [1.82, 2.24) is 15.5 Å². The zero-order chi connectivity index (χ0) is 16.0. The molecule has 1 atom stereocenters. The van der Waals surface area contributed by atoms with Gasteiger partial charge in [0.05, 0.1) is 11.9 Å². The maximum atomic E-state index is 12.1. The highest BCUT2D eigenvalue weighted by Gasteiger charge is 2.25. The summed E-state index contributed by atoms with van der Waals surface area (Å²) in [6.07, 6.45) is 0.823. The molecule has 0 aliphatic heterocycles. The Morgan fingerprint density at radius 1 is 1.38 bits per heavy atom. The third kappa shape index (κ3) is 5.37. The van der Waals surface area contributed by atoms with E-state index >= 15 is 0 Å². The van der Waals surface area contributed by atoms with Crippen LogP contribution in [-0.4, -0.2) is 39.5 Å². The van der Waals surface area contributed by atoms with E-state index in [0.29, 0.717) is 0 Å². The minimum Gasteiger partial charge on any atom is -0.459 e. The molecule has 0 aliphatic rings. The van der Waals surface area contributed by atoms with Crippen LogP contribution in [0.1, 0.15) is 51.7 Å². The van der Waals surface area contributed by atoms with Gasteiger partial charge in [-0.1, -0.05) is 23.8 Å². The van der Waals surface area contributed by atoms with E-state index < -0.39 is 11.2 Å². The average molecular weight is 315 g/mol. The maximum absolute atomic E-state index is 12.1. The summed E-state index contributed by atoms with van der Waals surface area (Å²) in [6.45, 7) is 9.56. The van der Waals surface area contributed by atoms with Gasteiger partial charge in [0.25, 0.3) is 5.22 Å². The molecule has 1 aromatic rings. The molecule has 0 aliphatic carbocycles. The number of rotatable bonds is 7.